The summed E-state index contributed by atoms with van der Waals surface area (Å²) in [6.07, 6.45) is -3.58. The molecule has 0 aromatic carbocycles. The fourth-order valence-electron chi connectivity index (χ4n) is 8.07. The molecule has 2 fully saturated rings. The van der Waals surface area contributed by atoms with Gasteiger partial charge < -0.3 is 59.9 Å². The van der Waals surface area contributed by atoms with E-state index in [0.717, 1.165) is 63.5 Å². The maximum Gasteiger partial charge on any atom is 0.472 e. The van der Waals surface area contributed by atoms with E-state index in [1.165, 1.54) is 25.7 Å². The molecule has 22 heteroatoms. The van der Waals surface area contributed by atoms with E-state index in [9.17, 15) is 73.9 Å². The number of carbonyl (C=O) groups is 3. The summed E-state index contributed by atoms with van der Waals surface area (Å²) in [6.45, 7) is 2.43. The van der Waals surface area contributed by atoms with Crippen LogP contribution in [0.2, 0.25) is 0 Å². The number of esters is 2. The summed E-state index contributed by atoms with van der Waals surface area (Å²) in [6, 6.07) is 0. The van der Waals surface area contributed by atoms with Gasteiger partial charge >= 0.3 is 27.6 Å². The van der Waals surface area contributed by atoms with Crippen LogP contribution in [0.15, 0.2) is 24.3 Å². The maximum absolute atomic E-state index is 13.7. The molecule has 2 rings (SSSR count). The van der Waals surface area contributed by atoms with E-state index >= 15 is 0 Å². The number of aliphatic hydroxyl groups excluding tert-OH is 7. The van der Waals surface area contributed by atoms with Crippen LogP contribution in [0.25, 0.3) is 0 Å². The number of ketones is 1. The highest BCUT2D eigenvalue weighted by molar-refractivity contribution is 7.47. The van der Waals surface area contributed by atoms with Crippen molar-refractivity contribution in [1.29, 1.82) is 0 Å². The molecule has 1 heterocycles. The Balaban J connectivity index is 2.39. The molecular formula is C45H80O20P2. The standard InChI is InChI=1S/C45H80O20P2/c1-3-5-7-8-9-10-11-12-13-14-15-16-18-23-38(50)61-29-33-30-62-67(59,60)65-45-43(55)42(54)40(52)35(27-32(47)22-19-20-24-39(51)63-33)37(49)28-36(48)34(26-25-31(46)21-17-6-4-2)41(53)44(45)64-66(56,57)58/h10-11,25-26,31,33-37,40-46,48-49,52-55H,3-9,12-24,27-30H2,1-2H3,(H,59,60)(H2,56,57,58)/b11-10-,26-25?/t31-,33+,34-,35-,36+,37-,40+,41+,42-,43+,44+,45-/m0/s1. The van der Waals surface area contributed by atoms with Gasteiger partial charge in [0.2, 0.25) is 0 Å². The van der Waals surface area contributed by atoms with Crippen LogP contribution in [0.5, 0.6) is 0 Å². The molecule has 67 heavy (non-hydrogen) atoms. The third kappa shape index (κ3) is 25.1. The van der Waals surface area contributed by atoms with E-state index in [4.69, 9.17) is 23.0 Å². The first-order valence-electron chi connectivity index (χ1n) is 24.1. The Labute approximate surface area is 394 Å². The maximum atomic E-state index is 13.7. The average Bonchev–Trinajstić information content (AvgIpc) is 3.26. The van der Waals surface area contributed by atoms with Gasteiger partial charge in [-0.25, -0.2) is 9.13 Å². The number of hydrogen-bond donors (Lipinski definition) is 10. The first-order valence-corrected chi connectivity index (χ1v) is 27.1. The van der Waals surface area contributed by atoms with Crippen molar-refractivity contribution in [3.8, 4) is 0 Å². The molecule has 2 aliphatic rings. The van der Waals surface area contributed by atoms with Crippen molar-refractivity contribution in [1.82, 2.24) is 0 Å². The van der Waals surface area contributed by atoms with E-state index in [2.05, 4.69) is 19.1 Å². The van der Waals surface area contributed by atoms with Crippen molar-refractivity contribution in [2.45, 2.75) is 216 Å². The minimum Gasteiger partial charge on any atom is -0.462 e. The van der Waals surface area contributed by atoms with Crippen LogP contribution in [-0.2, 0) is 46.6 Å². The van der Waals surface area contributed by atoms with Gasteiger partial charge in [0.1, 0.15) is 36.8 Å². The lowest BCUT2D eigenvalue weighted by Crippen LogP contribution is -2.56. The molecule has 1 saturated carbocycles. The van der Waals surface area contributed by atoms with E-state index < -0.39 is 132 Å². The first kappa shape index (κ1) is 61.2. The number of carbonyl (C=O) groups excluding carboxylic acids is 3. The lowest BCUT2D eigenvalue weighted by Gasteiger charge is -2.38. The number of ether oxygens (including phenoxy) is 2. The molecule has 10 N–H and O–H groups in total. The minimum atomic E-state index is -5.81. The van der Waals surface area contributed by atoms with Crippen LogP contribution >= 0.6 is 15.6 Å². The Kier molecular flexibility index (Phi) is 30.0. The Morgan fingerprint density at radius 1 is 0.821 bits per heavy atom. The molecule has 1 aliphatic heterocycles. The summed E-state index contributed by atoms with van der Waals surface area (Å²) in [5.74, 6) is -5.57. The van der Waals surface area contributed by atoms with Crippen LogP contribution in [-0.4, -0.2) is 142 Å². The predicted octanol–water partition coefficient (Wildman–Crippen LogP) is 4.51. The number of Topliss-reactive ketones (excluding diaryl/α,β-unsaturated/α-hetero) is 1. The zero-order valence-electron chi connectivity index (χ0n) is 39.2. The number of allylic oxidation sites excluding steroid dienone is 2. The monoisotopic (exact) mass is 1000 g/mol. The Morgan fingerprint density at radius 2 is 1.43 bits per heavy atom. The van der Waals surface area contributed by atoms with Crippen LogP contribution < -0.4 is 0 Å². The first-order chi connectivity index (χ1) is 31.7. The van der Waals surface area contributed by atoms with Crippen LogP contribution in [0.3, 0.4) is 0 Å². The second-order valence-corrected chi connectivity index (χ2v) is 20.4. The molecule has 0 radical (unpaired) electrons. The zero-order chi connectivity index (χ0) is 50.0. The number of fused-ring (bicyclic) bond motifs is 4. The molecule has 1 unspecified atom stereocenters. The third-order valence-electron chi connectivity index (χ3n) is 12.0. The van der Waals surface area contributed by atoms with Crippen molar-refractivity contribution in [3.05, 3.63) is 24.3 Å². The van der Waals surface area contributed by atoms with Gasteiger partial charge in [-0.3, -0.25) is 28.0 Å². The summed E-state index contributed by atoms with van der Waals surface area (Å²) in [5, 5.41) is 79.5. The van der Waals surface area contributed by atoms with E-state index in [1.54, 1.807) is 0 Å². The van der Waals surface area contributed by atoms with E-state index in [1.807, 2.05) is 6.92 Å². The Morgan fingerprint density at radius 3 is 2.09 bits per heavy atom. The molecule has 0 spiro atoms. The summed E-state index contributed by atoms with van der Waals surface area (Å²) < 4.78 is 52.0. The summed E-state index contributed by atoms with van der Waals surface area (Å²) in [7, 11) is -11.5. The molecule has 0 aromatic rings. The lowest BCUT2D eigenvalue weighted by molar-refractivity contribution is -0.166. The predicted molar refractivity (Wildman–Crippen MR) is 244 cm³/mol. The Bertz CT molecular complexity index is 1570. The van der Waals surface area contributed by atoms with Crippen LogP contribution in [0, 0.1) is 11.8 Å². The normalized spacial score (nSPS) is 31.9. The summed E-state index contributed by atoms with van der Waals surface area (Å²) >= 11 is 0. The van der Waals surface area contributed by atoms with Crippen molar-refractivity contribution in [2.24, 2.45) is 11.8 Å². The number of unbranched alkanes of at least 4 members (excludes halogenated alkanes) is 11. The molecule has 1 saturated heterocycles. The number of hydrogen-bond acceptors (Lipinski definition) is 17. The molecule has 1 aliphatic carbocycles. The molecule has 2 bridgehead atoms. The van der Waals surface area contributed by atoms with Gasteiger partial charge in [0, 0.05) is 43.9 Å². The molecule has 20 nitrogen and oxygen atoms in total. The summed E-state index contributed by atoms with van der Waals surface area (Å²) in [4.78, 5) is 69.9. The van der Waals surface area contributed by atoms with Crippen molar-refractivity contribution in [3.63, 3.8) is 0 Å². The van der Waals surface area contributed by atoms with E-state index in [0.29, 0.717) is 12.8 Å². The number of aliphatic hydroxyl groups is 7. The minimum absolute atomic E-state index is 0.0203. The van der Waals surface area contributed by atoms with Crippen molar-refractivity contribution in [2.75, 3.05) is 13.2 Å². The van der Waals surface area contributed by atoms with Crippen molar-refractivity contribution >= 4 is 33.4 Å². The third-order valence-corrected chi connectivity index (χ3v) is 13.5. The zero-order valence-corrected chi connectivity index (χ0v) is 40.9. The fraction of sp³-hybridized carbons (Fsp3) is 0.844. The van der Waals surface area contributed by atoms with Gasteiger partial charge in [0.05, 0.1) is 37.1 Å². The van der Waals surface area contributed by atoms with Gasteiger partial charge in [-0.1, -0.05) is 95.9 Å². The quantitative estimate of drug-likeness (QED) is 0.0291. The van der Waals surface area contributed by atoms with Crippen LogP contribution in [0.4, 0.5) is 0 Å². The van der Waals surface area contributed by atoms with Crippen molar-refractivity contribution < 1.29 is 97.0 Å². The molecule has 390 valence electrons. The molecule has 0 aromatic heterocycles. The summed E-state index contributed by atoms with van der Waals surface area (Å²) in [5.41, 5.74) is 0. The molecule has 0 amide bonds. The lowest BCUT2D eigenvalue weighted by atomic mass is 9.82. The number of phosphoric ester groups is 2. The van der Waals surface area contributed by atoms with Gasteiger partial charge in [-0.2, -0.15) is 0 Å². The number of rotatable bonds is 23. The largest absolute Gasteiger partial charge is 0.472 e. The molecule has 13 atom stereocenters. The van der Waals surface area contributed by atoms with Gasteiger partial charge in [-0.15, -0.1) is 0 Å². The van der Waals surface area contributed by atoms with E-state index in [-0.39, 0.29) is 38.5 Å². The molecular weight excluding hydrogens is 922 g/mol. The average molecular weight is 1000 g/mol. The highest BCUT2D eigenvalue weighted by Crippen LogP contribution is 2.50. The topological polar surface area (TPSA) is 334 Å². The van der Waals surface area contributed by atoms with Crippen LogP contribution in [0.1, 0.15) is 155 Å². The smallest absolute Gasteiger partial charge is 0.462 e. The highest BCUT2D eigenvalue weighted by atomic mass is 31.2. The highest BCUT2D eigenvalue weighted by Gasteiger charge is 2.52. The fourth-order valence-corrected chi connectivity index (χ4v) is 9.60. The van der Waals surface area contributed by atoms with Gasteiger partial charge in [-0.05, 0) is 51.4 Å². The Hall–Kier alpha value is -1.97. The van der Waals surface area contributed by atoms with Gasteiger partial charge in [0.15, 0.2) is 6.10 Å². The van der Waals surface area contributed by atoms with Gasteiger partial charge in [0.25, 0.3) is 0 Å². The second kappa shape index (κ2) is 32.8. The number of cyclic esters (lactones) is 1. The number of phosphoric acid groups is 2. The SMILES string of the molecule is CCCCCC/C=C\CCCCCCCC(=O)OC[C@@H]1COP(=O)(O)O[C@H]2[C@H](O)[C@@H](O)[C@H](O)[C@@H](CC(=O)CCCCC(=O)O1)[C@@H](O)C[C@@H](O)[C@H](C=C[C@@H](O)CCCCC)[C@@H](O)[C@H]2OP(=O)(O)O. The second-order valence-electron chi connectivity index (χ2n) is 17.8.